The summed E-state index contributed by atoms with van der Waals surface area (Å²) >= 11 is 0. The number of hydrogen-bond donors (Lipinski definition) is 0. The summed E-state index contributed by atoms with van der Waals surface area (Å²) in [6.45, 7) is 0. The molecule has 0 aliphatic rings. The molecule has 5 heteroatoms. The van der Waals surface area contributed by atoms with Gasteiger partial charge in [0.25, 0.3) is 0 Å². The molecule has 24 rings (SSSR count). The van der Waals surface area contributed by atoms with E-state index >= 15 is 0 Å². The normalized spacial score (nSPS) is 11.2. The van der Waals surface area contributed by atoms with Gasteiger partial charge in [-0.3, -0.25) is 0 Å². The van der Waals surface area contributed by atoms with Crippen molar-refractivity contribution in [2.24, 2.45) is 0 Å². The van der Waals surface area contributed by atoms with Crippen molar-refractivity contribution in [3.63, 3.8) is 0 Å². The van der Waals surface area contributed by atoms with Crippen molar-refractivity contribution in [3.8, 4) is 66.8 Å². The molecule has 0 aromatic heterocycles. The van der Waals surface area contributed by atoms with E-state index in [9.17, 15) is 0 Å². The molecule has 24 aromatic rings. The van der Waals surface area contributed by atoms with E-state index in [4.69, 9.17) is 0 Å². The van der Waals surface area contributed by atoms with Gasteiger partial charge in [-0.25, -0.2) is 0 Å². The molecule has 0 heterocycles. The molecule has 137 heavy (non-hydrogen) atoms. The Balaban J connectivity index is 0.000000166. The predicted octanol–water partition coefficient (Wildman–Crippen LogP) is 37.6. The first kappa shape index (κ1) is 83.2. The number of fused-ring (bicyclic) bond motifs is 10. The van der Waals surface area contributed by atoms with Gasteiger partial charge in [0.1, 0.15) is 0 Å². The maximum atomic E-state index is 2.43. The van der Waals surface area contributed by atoms with Crippen molar-refractivity contribution < 1.29 is 0 Å². The van der Waals surface area contributed by atoms with Crippen molar-refractivity contribution in [2.75, 3.05) is 24.5 Å². The first-order chi connectivity index (χ1) is 68.0. The number of rotatable bonds is 21. The zero-order valence-electron chi connectivity index (χ0n) is 75.4. The van der Waals surface area contributed by atoms with Crippen molar-refractivity contribution in [2.45, 2.75) is 0 Å². The average Bonchev–Trinajstić information content (AvgIpc) is 0.732. The van der Waals surface area contributed by atoms with Crippen LogP contribution in [-0.4, -0.2) is 0 Å². The van der Waals surface area contributed by atoms with Crippen LogP contribution >= 0.6 is 0 Å². The summed E-state index contributed by atoms with van der Waals surface area (Å²) in [5.41, 5.74) is 30.9. The molecule has 0 atom stereocenters. The monoisotopic (exact) mass is 1750 g/mol. The first-order valence-electron chi connectivity index (χ1n) is 46.9. The molecule has 0 aliphatic heterocycles. The summed E-state index contributed by atoms with van der Waals surface area (Å²) in [6.07, 6.45) is 0. The highest BCUT2D eigenvalue weighted by Crippen LogP contribution is 2.50. The lowest BCUT2D eigenvalue weighted by molar-refractivity contribution is 1.26. The van der Waals surface area contributed by atoms with Gasteiger partial charge < -0.3 is 24.5 Å². The molecule has 0 amide bonds. The first-order valence-corrected chi connectivity index (χ1v) is 46.9. The molecule has 0 radical (unpaired) electrons. The molecule has 646 valence electrons. The number of hydrogen-bond acceptors (Lipinski definition) is 5. The minimum Gasteiger partial charge on any atom is -0.311 e. The van der Waals surface area contributed by atoms with Crippen LogP contribution in [-0.2, 0) is 0 Å². The minimum absolute atomic E-state index is 1.07. The van der Waals surface area contributed by atoms with Gasteiger partial charge in [-0.2, -0.15) is 0 Å². The Hall–Kier alpha value is -18.2. The Labute approximate surface area is 799 Å². The highest BCUT2D eigenvalue weighted by molar-refractivity contribution is 6.26. The quantitative estimate of drug-likeness (QED) is 0.0665. The van der Waals surface area contributed by atoms with E-state index in [0.717, 1.165) is 96.4 Å². The van der Waals surface area contributed by atoms with Crippen molar-refractivity contribution >= 4 is 150 Å². The number of anilines is 15. The van der Waals surface area contributed by atoms with Crippen LogP contribution in [0.5, 0.6) is 0 Å². The lowest BCUT2D eigenvalue weighted by Gasteiger charge is -2.28. The third-order valence-corrected chi connectivity index (χ3v) is 26.4. The number of para-hydroxylation sites is 6. The molecule has 0 saturated heterocycles. The Morgan fingerprint density at radius 2 is 0.234 bits per heavy atom. The summed E-state index contributed by atoms with van der Waals surface area (Å²) in [5.74, 6) is 0. The van der Waals surface area contributed by atoms with E-state index in [-0.39, 0.29) is 0 Å². The Morgan fingerprint density at radius 3 is 0.474 bits per heavy atom. The van der Waals surface area contributed by atoms with Crippen molar-refractivity contribution in [3.05, 3.63) is 564 Å². The van der Waals surface area contributed by atoms with Crippen LogP contribution in [0.4, 0.5) is 85.3 Å². The van der Waals surface area contributed by atoms with E-state index in [2.05, 4.69) is 589 Å². The lowest BCUT2D eigenvalue weighted by atomic mass is 9.87. The van der Waals surface area contributed by atoms with Crippen LogP contribution in [0.25, 0.3) is 131 Å². The third-order valence-electron chi connectivity index (χ3n) is 26.4. The summed E-state index contributed by atoms with van der Waals surface area (Å²) < 4.78 is 0. The molecule has 0 N–H and O–H groups in total. The largest absolute Gasteiger partial charge is 0.311 e. The summed E-state index contributed by atoms with van der Waals surface area (Å²) in [5, 5.41) is 14.8. The smallest absolute Gasteiger partial charge is 0.0546 e. The van der Waals surface area contributed by atoms with Crippen molar-refractivity contribution in [1.29, 1.82) is 0 Å². The summed E-state index contributed by atoms with van der Waals surface area (Å²) in [6, 6.07) is 204. The fourth-order valence-electron chi connectivity index (χ4n) is 19.9. The molecule has 0 fully saturated rings. The van der Waals surface area contributed by atoms with Gasteiger partial charge in [0.2, 0.25) is 0 Å². The third kappa shape index (κ3) is 16.7. The number of benzene rings is 24. The van der Waals surface area contributed by atoms with Gasteiger partial charge >= 0.3 is 0 Å². The fourth-order valence-corrected chi connectivity index (χ4v) is 19.9. The van der Waals surface area contributed by atoms with E-state index in [1.807, 2.05) is 0 Å². The Bertz CT molecular complexity index is 7880. The van der Waals surface area contributed by atoms with Gasteiger partial charge in [0.15, 0.2) is 0 Å². The summed E-state index contributed by atoms with van der Waals surface area (Å²) in [4.78, 5) is 11.7. The van der Waals surface area contributed by atoms with Crippen LogP contribution in [0.3, 0.4) is 0 Å². The van der Waals surface area contributed by atoms with Gasteiger partial charge in [-0.15, -0.1) is 0 Å². The second-order valence-corrected chi connectivity index (χ2v) is 34.6. The molecule has 0 saturated carbocycles. The lowest BCUT2D eigenvalue weighted by Crippen LogP contribution is -2.12. The maximum absolute atomic E-state index is 2.43. The molecule has 24 aromatic carbocycles. The predicted molar refractivity (Wildman–Crippen MR) is 584 cm³/mol. The minimum atomic E-state index is 1.07. The number of nitrogens with zero attached hydrogens (tertiary/aromatic N) is 5. The molecule has 0 bridgehead atoms. The fraction of sp³-hybridized carbons (Fsp3) is 0. The van der Waals surface area contributed by atoms with Crippen LogP contribution in [0.2, 0.25) is 0 Å². The van der Waals surface area contributed by atoms with Crippen LogP contribution in [0.1, 0.15) is 0 Å². The van der Waals surface area contributed by atoms with Gasteiger partial charge in [0, 0.05) is 85.0 Å². The molecule has 0 aliphatic carbocycles. The molecule has 0 unspecified atom stereocenters. The van der Waals surface area contributed by atoms with E-state index in [1.54, 1.807) is 0 Å². The summed E-state index contributed by atoms with van der Waals surface area (Å²) in [7, 11) is 0. The van der Waals surface area contributed by atoms with E-state index < -0.39 is 0 Å². The highest BCUT2D eigenvalue weighted by atomic mass is 15.2. The van der Waals surface area contributed by atoms with Crippen LogP contribution < -0.4 is 24.5 Å². The zero-order valence-corrected chi connectivity index (χ0v) is 75.4. The maximum Gasteiger partial charge on any atom is 0.0546 e. The molecule has 5 nitrogen and oxygen atoms in total. The molecule has 0 spiro atoms. The van der Waals surface area contributed by atoms with Gasteiger partial charge in [0.05, 0.1) is 5.69 Å². The Kier molecular flexibility index (Phi) is 22.8. The van der Waals surface area contributed by atoms with Gasteiger partial charge in [-0.1, -0.05) is 370 Å². The second-order valence-electron chi connectivity index (χ2n) is 34.6. The van der Waals surface area contributed by atoms with E-state index in [1.165, 1.54) is 120 Å². The second kappa shape index (κ2) is 37.6. The highest BCUT2D eigenvalue weighted by Gasteiger charge is 2.25. The molecular formula is C132H93N5. The van der Waals surface area contributed by atoms with Gasteiger partial charge in [-0.05, 0) is 320 Å². The Morgan fingerprint density at radius 1 is 0.0876 bits per heavy atom. The van der Waals surface area contributed by atoms with Crippen molar-refractivity contribution in [1.82, 2.24) is 0 Å². The zero-order chi connectivity index (χ0) is 91.2. The average molecular weight is 1750 g/mol. The molecular weight excluding hydrogens is 1660 g/mol. The standard InChI is InChI=1S/C78H56N4.C54H37N/c1-7-23-59(24-8-1)79(60-25-9-2-10-26-60)67-47-51-69(52-48-67)81(63-31-15-5-16-32-63)65-43-39-57(40-44-65)75-55-77-74-38-22-20-36-72(74)76(56-78(77)73-37-21-19-35-71(73)75)58-41-45-66(46-42-58)82(64-33-17-6-18-34-64)70-53-49-68(50-54-70)80(61-27-11-3-12-28-61)62-29-13-4-14-30-62;1-4-14-38(15-5-1)41-24-26-44(27-25-41)51-36-52-49-22-12-13-23-50(49)54(37-53(52)48-21-11-10-20-47(48)51)55(45-32-28-42(29-33-45)39-16-6-2-7-17-39)46-34-30-43(31-35-46)40-18-8-3-9-19-40/h1-56H;1-37H. The van der Waals surface area contributed by atoms with Crippen LogP contribution in [0, 0.1) is 0 Å². The topological polar surface area (TPSA) is 16.2 Å². The van der Waals surface area contributed by atoms with Crippen LogP contribution in [0.15, 0.2) is 564 Å². The van der Waals surface area contributed by atoms with E-state index in [0.29, 0.717) is 0 Å². The SMILES string of the molecule is c1ccc(-c2ccc(-c3cc4c5ccccc5c(N(c5ccc(-c6ccccc6)cc5)c5ccc(-c6ccccc6)cc5)cc4c4ccccc34)cc2)cc1.c1ccc(N(c2ccccc2)c2ccc(N(c3ccccc3)c3ccc(-c4cc5c6ccccc6c(-c6ccc(N(c7ccccc7)c7ccc(N(c8ccccc8)c8ccccc8)cc7)cc6)cc5c5ccccc45)cc3)cc2)cc1.